The van der Waals surface area contributed by atoms with Crippen LogP contribution < -0.4 is 0 Å². The van der Waals surface area contributed by atoms with E-state index < -0.39 is 0 Å². The Kier molecular flexibility index (Phi) is 4.42. The molecule has 0 unspecified atom stereocenters. The highest BCUT2D eigenvalue weighted by Gasteiger charge is 2.32. The summed E-state index contributed by atoms with van der Waals surface area (Å²) in [7, 11) is 0. The highest BCUT2D eigenvalue weighted by atomic mass is 16.5. The molecule has 0 bridgehead atoms. The number of aromatic nitrogens is 2. The number of rotatable bonds is 5. The summed E-state index contributed by atoms with van der Waals surface area (Å²) >= 11 is 0. The van der Waals surface area contributed by atoms with E-state index in [4.69, 9.17) is 4.74 Å². The lowest BCUT2D eigenvalue weighted by Crippen LogP contribution is -2.46. The third kappa shape index (κ3) is 2.99. The molecular weight excluding hydrogens is 284 g/mol. The highest BCUT2D eigenvalue weighted by Crippen LogP contribution is 2.23. The number of hydrogen-bond acceptors (Lipinski definition) is 4. The number of fused-ring (bicyclic) bond motifs is 1. The van der Waals surface area contributed by atoms with Crippen molar-refractivity contribution in [1.29, 1.82) is 0 Å². The molecule has 2 aliphatic rings. The quantitative estimate of drug-likeness (QED) is 0.791. The molecule has 1 atom stereocenters. The van der Waals surface area contributed by atoms with Gasteiger partial charge in [0.2, 0.25) is 11.8 Å². The molecule has 3 heterocycles. The number of carbonyl (C=O) groups is 2. The summed E-state index contributed by atoms with van der Waals surface area (Å²) in [5.74, 6) is 0.193. The Bertz CT molecular complexity index is 557. The number of likely N-dealkylation sites (tertiary alicyclic amines) is 1. The normalized spacial score (nSPS) is 21.3. The van der Waals surface area contributed by atoms with Crippen LogP contribution in [0.25, 0.3) is 0 Å². The van der Waals surface area contributed by atoms with Crippen molar-refractivity contribution in [3.63, 3.8) is 0 Å². The first-order valence-corrected chi connectivity index (χ1v) is 7.84. The molecule has 1 saturated heterocycles. The third-order valence-corrected chi connectivity index (χ3v) is 4.27. The lowest BCUT2D eigenvalue weighted by Gasteiger charge is -2.35. The minimum atomic E-state index is -0.00736. The van der Waals surface area contributed by atoms with Gasteiger partial charge in [0.25, 0.3) is 0 Å². The SMILES string of the molecule is CCOCC(=O)N1Cc2ccnn2[C@@H](CN2CCCC2=O)C1. The van der Waals surface area contributed by atoms with Crippen LogP contribution in [0.1, 0.15) is 31.5 Å². The molecular formula is C15H22N4O3. The summed E-state index contributed by atoms with van der Waals surface area (Å²) in [4.78, 5) is 27.8. The van der Waals surface area contributed by atoms with Crippen molar-refractivity contribution in [2.45, 2.75) is 32.4 Å². The Balaban J connectivity index is 1.71. The Hall–Kier alpha value is -1.89. The molecule has 120 valence electrons. The highest BCUT2D eigenvalue weighted by molar-refractivity contribution is 5.78. The van der Waals surface area contributed by atoms with Crippen LogP contribution in [-0.2, 0) is 20.9 Å². The van der Waals surface area contributed by atoms with Crippen molar-refractivity contribution < 1.29 is 14.3 Å². The van der Waals surface area contributed by atoms with Gasteiger partial charge in [0.1, 0.15) is 6.61 Å². The first-order valence-electron chi connectivity index (χ1n) is 7.84. The van der Waals surface area contributed by atoms with E-state index in [-0.39, 0.29) is 24.5 Å². The van der Waals surface area contributed by atoms with Gasteiger partial charge in [0.05, 0.1) is 18.3 Å². The molecule has 0 aromatic carbocycles. The van der Waals surface area contributed by atoms with Crippen molar-refractivity contribution >= 4 is 11.8 Å². The zero-order valence-electron chi connectivity index (χ0n) is 12.9. The summed E-state index contributed by atoms with van der Waals surface area (Å²) in [6, 6.07) is 1.95. The molecule has 0 N–H and O–H groups in total. The van der Waals surface area contributed by atoms with Gasteiger partial charge in [-0.3, -0.25) is 14.3 Å². The maximum absolute atomic E-state index is 12.2. The van der Waals surface area contributed by atoms with E-state index in [1.54, 1.807) is 11.1 Å². The Morgan fingerprint density at radius 3 is 3.09 bits per heavy atom. The topological polar surface area (TPSA) is 67.7 Å². The molecule has 1 aromatic heterocycles. The van der Waals surface area contributed by atoms with Gasteiger partial charge in [0, 0.05) is 38.9 Å². The average molecular weight is 306 g/mol. The fraction of sp³-hybridized carbons (Fsp3) is 0.667. The first kappa shape index (κ1) is 15.0. The molecule has 1 fully saturated rings. The second-order valence-electron chi connectivity index (χ2n) is 5.78. The van der Waals surface area contributed by atoms with Crippen LogP contribution in [0.3, 0.4) is 0 Å². The molecule has 3 rings (SSSR count). The average Bonchev–Trinajstić information content (AvgIpc) is 3.14. The van der Waals surface area contributed by atoms with Crippen LogP contribution in [0.4, 0.5) is 0 Å². The zero-order valence-corrected chi connectivity index (χ0v) is 12.9. The second-order valence-corrected chi connectivity index (χ2v) is 5.78. The fourth-order valence-corrected chi connectivity index (χ4v) is 3.14. The molecule has 7 heteroatoms. The van der Waals surface area contributed by atoms with Crippen LogP contribution in [0.15, 0.2) is 12.3 Å². The van der Waals surface area contributed by atoms with E-state index in [1.165, 1.54) is 0 Å². The Morgan fingerprint density at radius 1 is 1.50 bits per heavy atom. The number of amides is 2. The second kappa shape index (κ2) is 6.48. The summed E-state index contributed by atoms with van der Waals surface area (Å²) in [6.45, 7) is 5.06. The monoisotopic (exact) mass is 306 g/mol. The Morgan fingerprint density at radius 2 is 2.36 bits per heavy atom. The van der Waals surface area contributed by atoms with E-state index in [9.17, 15) is 9.59 Å². The van der Waals surface area contributed by atoms with Crippen molar-refractivity contribution in [2.75, 3.05) is 32.8 Å². The van der Waals surface area contributed by atoms with Crippen molar-refractivity contribution in [2.24, 2.45) is 0 Å². The molecule has 22 heavy (non-hydrogen) atoms. The predicted molar refractivity (Wildman–Crippen MR) is 79.0 cm³/mol. The smallest absolute Gasteiger partial charge is 0.248 e. The van der Waals surface area contributed by atoms with E-state index >= 15 is 0 Å². The molecule has 7 nitrogen and oxygen atoms in total. The summed E-state index contributed by atoms with van der Waals surface area (Å²) in [5, 5.41) is 4.37. The lowest BCUT2D eigenvalue weighted by molar-refractivity contribution is -0.138. The molecule has 0 aliphatic carbocycles. The summed E-state index contributed by atoms with van der Waals surface area (Å²) < 4.78 is 7.18. The van der Waals surface area contributed by atoms with Gasteiger partial charge >= 0.3 is 0 Å². The van der Waals surface area contributed by atoms with Gasteiger partial charge in [-0.15, -0.1) is 0 Å². The van der Waals surface area contributed by atoms with Gasteiger partial charge in [-0.2, -0.15) is 5.10 Å². The molecule has 0 saturated carbocycles. The summed E-state index contributed by atoms with van der Waals surface area (Å²) in [5.41, 5.74) is 1.01. The van der Waals surface area contributed by atoms with Gasteiger partial charge in [-0.25, -0.2) is 0 Å². The lowest BCUT2D eigenvalue weighted by atomic mass is 10.1. The molecule has 2 aliphatic heterocycles. The van der Waals surface area contributed by atoms with Gasteiger partial charge in [0.15, 0.2) is 0 Å². The van der Waals surface area contributed by atoms with Crippen molar-refractivity contribution in [1.82, 2.24) is 19.6 Å². The molecule has 2 amide bonds. The molecule has 0 spiro atoms. The zero-order chi connectivity index (χ0) is 15.5. The van der Waals surface area contributed by atoms with Crippen LogP contribution in [0, 0.1) is 0 Å². The van der Waals surface area contributed by atoms with Crippen molar-refractivity contribution in [3.05, 3.63) is 18.0 Å². The molecule has 1 aromatic rings. The minimum Gasteiger partial charge on any atom is -0.372 e. The van der Waals surface area contributed by atoms with Gasteiger partial charge < -0.3 is 14.5 Å². The van der Waals surface area contributed by atoms with E-state index in [0.29, 0.717) is 32.7 Å². The van der Waals surface area contributed by atoms with E-state index in [1.807, 2.05) is 22.6 Å². The van der Waals surface area contributed by atoms with Crippen LogP contribution in [0.2, 0.25) is 0 Å². The predicted octanol–water partition coefficient (Wildman–Crippen LogP) is 0.425. The van der Waals surface area contributed by atoms with Crippen LogP contribution in [-0.4, -0.2) is 64.2 Å². The van der Waals surface area contributed by atoms with E-state index in [0.717, 1.165) is 18.7 Å². The van der Waals surface area contributed by atoms with E-state index in [2.05, 4.69) is 5.10 Å². The van der Waals surface area contributed by atoms with Crippen molar-refractivity contribution in [3.8, 4) is 0 Å². The standard InChI is InChI=1S/C15H22N4O3/c1-2-22-11-15(21)18-8-12-5-6-16-19(12)13(10-18)9-17-7-3-4-14(17)20/h5-6,13H,2-4,7-11H2,1H3/t13-/m0/s1. The number of ether oxygens (including phenoxy) is 1. The maximum atomic E-state index is 12.2. The maximum Gasteiger partial charge on any atom is 0.248 e. The van der Waals surface area contributed by atoms with Crippen LogP contribution >= 0.6 is 0 Å². The third-order valence-electron chi connectivity index (χ3n) is 4.27. The minimum absolute atomic E-state index is 0.00736. The molecule has 0 radical (unpaired) electrons. The van der Waals surface area contributed by atoms with Crippen LogP contribution in [0.5, 0.6) is 0 Å². The van der Waals surface area contributed by atoms with Gasteiger partial charge in [-0.05, 0) is 19.4 Å². The number of carbonyl (C=O) groups excluding carboxylic acids is 2. The first-order chi connectivity index (χ1) is 10.7. The largest absolute Gasteiger partial charge is 0.372 e. The number of hydrogen-bond donors (Lipinski definition) is 0. The Labute approximate surface area is 129 Å². The number of nitrogens with zero attached hydrogens (tertiary/aromatic N) is 4. The fourth-order valence-electron chi connectivity index (χ4n) is 3.14. The summed E-state index contributed by atoms with van der Waals surface area (Å²) in [6.07, 6.45) is 3.31. The van der Waals surface area contributed by atoms with Gasteiger partial charge in [-0.1, -0.05) is 0 Å².